The lowest BCUT2D eigenvalue weighted by Gasteiger charge is -2.71. The molecule has 12 atom stereocenters. The summed E-state index contributed by atoms with van der Waals surface area (Å²) in [6, 6.07) is -0.139. The van der Waals surface area contributed by atoms with Crippen molar-refractivity contribution in [3.05, 3.63) is 36.7 Å². The number of carbonyl (C=O) groups is 1. The SMILES string of the molecule is CC(C)[C@@H](C)[C@@]1(C)CC[C@]2(C)[C@H]3CC[C@@H]4C5(COC[C@]4(C)[C@@H](OC[C@](C)(N)C(C)C)[C@H](n4ncnc4-c4cncnc4)C5)C3=CC[C@@]2(C)[C@@H]1C(=O)O. The monoisotopic (exact) mass is 716 g/mol. The summed E-state index contributed by atoms with van der Waals surface area (Å²) in [6.07, 6.45) is 14.7. The van der Waals surface area contributed by atoms with Crippen LogP contribution in [0, 0.1) is 62.6 Å². The number of fused-ring (bicyclic) bond motifs is 3. The van der Waals surface area contributed by atoms with E-state index in [1.165, 1.54) is 11.9 Å². The molecule has 3 N–H and O–H groups in total. The molecule has 10 heteroatoms. The van der Waals surface area contributed by atoms with Crippen LogP contribution in [0.2, 0.25) is 0 Å². The smallest absolute Gasteiger partial charge is 0.307 e. The van der Waals surface area contributed by atoms with Crippen molar-refractivity contribution < 1.29 is 19.4 Å². The van der Waals surface area contributed by atoms with Gasteiger partial charge in [0.05, 0.1) is 43.4 Å². The summed E-state index contributed by atoms with van der Waals surface area (Å²) >= 11 is 0. The molecule has 1 aliphatic heterocycles. The molecule has 1 saturated heterocycles. The minimum atomic E-state index is -0.629. The first-order valence-corrected chi connectivity index (χ1v) is 19.9. The summed E-state index contributed by atoms with van der Waals surface area (Å²) in [5, 5.41) is 16.0. The third kappa shape index (κ3) is 5.23. The van der Waals surface area contributed by atoms with Crippen LogP contribution in [0.1, 0.15) is 114 Å². The van der Waals surface area contributed by atoms with Crippen molar-refractivity contribution in [1.29, 1.82) is 0 Å². The highest BCUT2D eigenvalue weighted by molar-refractivity contribution is 5.73. The molecule has 5 aliphatic rings. The standard InChI is InChI=1S/C42H64N6O4/c1-25(2)27(5)37(6)15-16-39(8)29-11-12-32-38(7)20-51-22-42(32,30(29)13-14-40(39,9)33(37)36(49)50)17-31(34(38)52-21-41(10,43)26(3)4)48-35(46-24-47-48)28-18-44-23-45-19-28/h13,18-19,23-27,29,31-34H,11-12,14-17,20-22,43H2,1-10H3,(H,49,50)/t27-,29+,31-,32+,33-,34+,37-,38+,39-,40+,41+,42?/m1/s1. The number of nitrogens with zero attached hydrogens (tertiary/aromatic N) is 5. The lowest BCUT2D eigenvalue weighted by Crippen LogP contribution is -2.69. The molecule has 52 heavy (non-hydrogen) atoms. The Morgan fingerprint density at radius 2 is 1.77 bits per heavy atom. The zero-order chi connectivity index (χ0) is 37.6. The molecule has 0 radical (unpaired) electrons. The molecule has 0 amide bonds. The third-order valence-corrected chi connectivity index (χ3v) is 16.7. The Balaban J connectivity index is 1.35. The van der Waals surface area contributed by atoms with Gasteiger partial charge in [0.2, 0.25) is 0 Å². The first-order valence-electron chi connectivity index (χ1n) is 19.9. The van der Waals surface area contributed by atoms with E-state index in [1.807, 2.05) is 0 Å². The van der Waals surface area contributed by atoms with Crippen LogP contribution in [0.15, 0.2) is 36.7 Å². The summed E-state index contributed by atoms with van der Waals surface area (Å²) in [6.45, 7) is 24.3. The highest BCUT2D eigenvalue weighted by Gasteiger charge is 2.72. The van der Waals surface area contributed by atoms with Gasteiger partial charge < -0.3 is 20.3 Å². The van der Waals surface area contributed by atoms with Crippen molar-refractivity contribution in [3.8, 4) is 11.4 Å². The number of hydrogen-bond donors (Lipinski definition) is 2. The van der Waals surface area contributed by atoms with Gasteiger partial charge in [-0.3, -0.25) is 4.79 Å². The first-order chi connectivity index (χ1) is 24.4. The van der Waals surface area contributed by atoms with Gasteiger partial charge in [0.25, 0.3) is 0 Å². The minimum absolute atomic E-state index is 0.139. The van der Waals surface area contributed by atoms with E-state index in [-0.39, 0.29) is 51.1 Å². The maximum Gasteiger partial charge on any atom is 0.307 e. The normalized spacial score (nSPS) is 41.7. The number of aliphatic carboxylic acids is 1. The molecule has 10 nitrogen and oxygen atoms in total. The Morgan fingerprint density at radius 3 is 2.42 bits per heavy atom. The van der Waals surface area contributed by atoms with E-state index >= 15 is 0 Å². The molecule has 0 spiro atoms. The predicted molar refractivity (Wildman–Crippen MR) is 201 cm³/mol. The molecule has 2 aromatic rings. The van der Waals surface area contributed by atoms with Crippen LogP contribution >= 0.6 is 0 Å². The number of aromatic nitrogens is 5. The van der Waals surface area contributed by atoms with Crippen LogP contribution in [0.25, 0.3) is 11.4 Å². The van der Waals surface area contributed by atoms with Gasteiger partial charge in [0.15, 0.2) is 5.82 Å². The molecular weight excluding hydrogens is 652 g/mol. The molecule has 4 aliphatic carbocycles. The highest BCUT2D eigenvalue weighted by Crippen LogP contribution is 2.75. The van der Waals surface area contributed by atoms with Gasteiger partial charge >= 0.3 is 5.97 Å². The number of ether oxygens (including phenoxy) is 2. The van der Waals surface area contributed by atoms with Crippen LogP contribution in [-0.4, -0.2) is 67.3 Å². The Morgan fingerprint density at radius 1 is 1.06 bits per heavy atom. The van der Waals surface area contributed by atoms with Gasteiger partial charge in [-0.15, -0.1) is 0 Å². The molecular formula is C42H64N6O4. The molecule has 3 saturated carbocycles. The van der Waals surface area contributed by atoms with Crippen molar-refractivity contribution >= 4 is 5.97 Å². The van der Waals surface area contributed by atoms with Crippen molar-refractivity contribution in [2.75, 3.05) is 19.8 Å². The third-order valence-electron chi connectivity index (χ3n) is 16.7. The second-order valence-corrected chi connectivity index (χ2v) is 19.7. The Kier molecular flexibility index (Phi) is 9.18. The first kappa shape index (κ1) is 37.6. The van der Waals surface area contributed by atoms with Gasteiger partial charge in [-0.2, -0.15) is 5.10 Å². The fourth-order valence-corrected chi connectivity index (χ4v) is 12.7. The van der Waals surface area contributed by atoms with Crippen LogP contribution in [0.3, 0.4) is 0 Å². The second-order valence-electron chi connectivity index (χ2n) is 19.7. The van der Waals surface area contributed by atoms with Crippen LogP contribution in [0.4, 0.5) is 0 Å². The zero-order valence-corrected chi connectivity index (χ0v) is 33.4. The van der Waals surface area contributed by atoms with Gasteiger partial charge in [0.1, 0.15) is 12.7 Å². The number of allylic oxidation sites excluding steroid dienone is 1. The summed E-state index contributed by atoms with van der Waals surface area (Å²) in [5.41, 5.74) is 7.31. The van der Waals surface area contributed by atoms with Crippen molar-refractivity contribution in [2.45, 2.75) is 125 Å². The van der Waals surface area contributed by atoms with Crippen molar-refractivity contribution in [3.63, 3.8) is 0 Å². The number of carboxylic acids is 1. The predicted octanol–water partition coefficient (Wildman–Crippen LogP) is 7.62. The Bertz CT molecular complexity index is 1690. The van der Waals surface area contributed by atoms with Crippen molar-refractivity contribution in [1.82, 2.24) is 24.7 Å². The van der Waals surface area contributed by atoms with E-state index in [1.54, 1.807) is 18.7 Å². The molecule has 3 heterocycles. The summed E-state index contributed by atoms with van der Waals surface area (Å²) < 4.78 is 16.0. The average Bonchev–Trinajstić information content (AvgIpc) is 3.58. The summed E-state index contributed by atoms with van der Waals surface area (Å²) in [4.78, 5) is 26.9. The maximum absolute atomic E-state index is 13.5. The molecule has 1 unspecified atom stereocenters. The van der Waals surface area contributed by atoms with E-state index < -0.39 is 17.4 Å². The molecule has 4 fully saturated rings. The van der Waals surface area contributed by atoms with Crippen LogP contribution < -0.4 is 5.73 Å². The second kappa shape index (κ2) is 12.7. The Labute approximate surface area is 311 Å². The minimum Gasteiger partial charge on any atom is -0.481 e. The summed E-state index contributed by atoms with van der Waals surface area (Å²) in [5.74, 6) is 1.25. The molecule has 7 rings (SSSR count). The lowest BCUT2D eigenvalue weighted by atomic mass is 9.34. The number of hydrogen-bond acceptors (Lipinski definition) is 8. The highest BCUT2D eigenvalue weighted by atomic mass is 16.5. The van der Waals surface area contributed by atoms with Crippen LogP contribution in [-0.2, 0) is 14.3 Å². The van der Waals surface area contributed by atoms with Crippen LogP contribution in [0.5, 0.6) is 0 Å². The van der Waals surface area contributed by atoms with Gasteiger partial charge in [0, 0.05) is 28.8 Å². The van der Waals surface area contributed by atoms with E-state index in [9.17, 15) is 9.90 Å². The summed E-state index contributed by atoms with van der Waals surface area (Å²) in [7, 11) is 0. The number of carboxylic acid groups (broad SMARTS) is 1. The van der Waals surface area contributed by atoms with E-state index in [0.717, 1.165) is 49.9 Å². The van der Waals surface area contributed by atoms with E-state index in [2.05, 4.69) is 90.0 Å². The van der Waals surface area contributed by atoms with E-state index in [4.69, 9.17) is 25.3 Å². The zero-order valence-electron chi connectivity index (χ0n) is 33.4. The van der Waals surface area contributed by atoms with Gasteiger partial charge in [-0.25, -0.2) is 19.6 Å². The van der Waals surface area contributed by atoms with Gasteiger partial charge in [-0.1, -0.05) is 74.0 Å². The molecule has 0 aromatic carbocycles. The average molecular weight is 717 g/mol. The fraction of sp³-hybridized carbons (Fsp3) is 0.786. The Hall–Kier alpha value is -2.69. The number of nitrogens with two attached hydrogens (primary N) is 1. The molecule has 2 bridgehead atoms. The lowest BCUT2D eigenvalue weighted by molar-refractivity contribution is -0.252. The van der Waals surface area contributed by atoms with Gasteiger partial charge in [-0.05, 0) is 91.3 Å². The number of rotatable bonds is 9. The maximum atomic E-state index is 13.5. The fourth-order valence-electron chi connectivity index (χ4n) is 12.7. The molecule has 2 aromatic heterocycles. The van der Waals surface area contributed by atoms with Crippen molar-refractivity contribution in [2.24, 2.45) is 68.3 Å². The quantitative estimate of drug-likeness (QED) is 0.251. The van der Waals surface area contributed by atoms with E-state index in [0.29, 0.717) is 37.6 Å². The topological polar surface area (TPSA) is 138 Å². The molecule has 286 valence electrons. The largest absolute Gasteiger partial charge is 0.481 e.